The quantitative estimate of drug-likeness (QED) is 0.643. The summed E-state index contributed by atoms with van der Waals surface area (Å²) in [4.78, 5) is 14.8. The highest BCUT2D eigenvalue weighted by Crippen LogP contribution is 2.34. The van der Waals surface area contributed by atoms with E-state index in [-0.39, 0.29) is 0 Å². The molecule has 0 saturated heterocycles. The lowest BCUT2D eigenvalue weighted by molar-refractivity contribution is 0.576. The summed E-state index contributed by atoms with van der Waals surface area (Å²) in [6.07, 6.45) is 7.92. The number of aromatic nitrogens is 3. The molecule has 110 valence electrons. The van der Waals surface area contributed by atoms with Crippen LogP contribution in [0.25, 0.3) is 11.1 Å². The molecule has 0 unspecified atom stereocenters. The number of hydrogen-bond donors (Lipinski definition) is 0. The predicted molar refractivity (Wildman–Crippen MR) is 82.2 cm³/mol. The van der Waals surface area contributed by atoms with E-state index in [4.69, 9.17) is 11.6 Å². The first-order chi connectivity index (χ1) is 10.2. The van der Waals surface area contributed by atoms with Crippen LogP contribution in [-0.4, -0.2) is 21.8 Å². The Labute approximate surface area is 127 Å². The summed E-state index contributed by atoms with van der Waals surface area (Å²) >= 11 is 6.29. The highest BCUT2D eigenvalue weighted by Gasteiger charge is 2.18. The van der Waals surface area contributed by atoms with Crippen molar-refractivity contribution in [1.29, 1.82) is 0 Å². The Hall–Kier alpha value is -1.95. The average molecular weight is 306 g/mol. The minimum atomic E-state index is 0.470. The number of nitrogens with zero attached hydrogens (tertiary/aromatic N) is 5. The van der Waals surface area contributed by atoms with Gasteiger partial charge in [0, 0.05) is 36.6 Å². The number of nitroso groups, excluding NO2 is 1. The minimum absolute atomic E-state index is 0.470. The number of aryl methyl sites for hydroxylation is 1. The number of hydrogen-bond acceptors (Lipinski definition) is 4. The summed E-state index contributed by atoms with van der Waals surface area (Å²) in [7, 11) is 1.56. The zero-order valence-corrected chi connectivity index (χ0v) is 12.5. The Morgan fingerprint density at radius 2 is 2.14 bits per heavy atom. The van der Waals surface area contributed by atoms with Gasteiger partial charge in [-0.25, -0.2) is 9.99 Å². The van der Waals surface area contributed by atoms with E-state index in [0.717, 1.165) is 36.9 Å². The molecule has 0 radical (unpaired) electrons. The first-order valence-corrected chi connectivity index (χ1v) is 7.36. The lowest BCUT2D eigenvalue weighted by Crippen LogP contribution is -2.09. The lowest BCUT2D eigenvalue weighted by Gasteiger charge is -2.11. The van der Waals surface area contributed by atoms with Crippen molar-refractivity contribution in [3.63, 3.8) is 0 Å². The molecule has 0 saturated carbocycles. The second-order valence-electron chi connectivity index (χ2n) is 5.17. The van der Waals surface area contributed by atoms with Crippen molar-refractivity contribution in [1.82, 2.24) is 14.8 Å². The number of anilines is 1. The molecule has 0 amide bonds. The molecule has 0 fully saturated rings. The van der Waals surface area contributed by atoms with Gasteiger partial charge < -0.3 is 0 Å². The van der Waals surface area contributed by atoms with Gasteiger partial charge in [-0.1, -0.05) is 18.0 Å². The monoisotopic (exact) mass is 305 g/mol. The van der Waals surface area contributed by atoms with E-state index in [1.54, 1.807) is 19.3 Å². The maximum atomic E-state index is 10.7. The third kappa shape index (κ3) is 2.63. The van der Waals surface area contributed by atoms with Crippen LogP contribution in [0, 0.1) is 4.91 Å². The fraction of sp³-hybridized carbons (Fsp3) is 0.429. The van der Waals surface area contributed by atoms with Gasteiger partial charge in [0.2, 0.25) is 0 Å². The molecule has 7 heteroatoms. The topological polar surface area (TPSA) is 63.4 Å². The Morgan fingerprint density at radius 1 is 1.29 bits per heavy atom. The molecule has 21 heavy (non-hydrogen) atoms. The number of pyridine rings is 1. The third-order valence-electron chi connectivity index (χ3n) is 3.82. The summed E-state index contributed by atoms with van der Waals surface area (Å²) in [6.45, 7) is 0.945. The normalized spacial score (nSPS) is 14.4. The average Bonchev–Trinajstić information content (AvgIpc) is 2.75. The third-order valence-corrected chi connectivity index (χ3v) is 4.12. The van der Waals surface area contributed by atoms with E-state index in [1.807, 2.05) is 6.20 Å². The van der Waals surface area contributed by atoms with Crippen LogP contribution in [0.2, 0.25) is 5.02 Å². The van der Waals surface area contributed by atoms with Gasteiger partial charge in [0.25, 0.3) is 0 Å². The fourth-order valence-electron chi connectivity index (χ4n) is 2.68. The first-order valence-electron chi connectivity index (χ1n) is 6.98. The largest absolute Gasteiger partial charge is 0.269 e. The smallest absolute Gasteiger partial charge is 0.152 e. The van der Waals surface area contributed by atoms with Crippen molar-refractivity contribution in [3.8, 4) is 11.1 Å². The summed E-state index contributed by atoms with van der Waals surface area (Å²) in [6, 6.07) is 1.78. The fourth-order valence-corrected chi connectivity index (χ4v) is 2.88. The molecule has 3 rings (SSSR count). The van der Waals surface area contributed by atoms with E-state index < -0.39 is 0 Å². The van der Waals surface area contributed by atoms with Crippen LogP contribution in [0.4, 0.5) is 5.82 Å². The second-order valence-corrected chi connectivity index (χ2v) is 5.57. The molecule has 0 bridgehead atoms. The maximum Gasteiger partial charge on any atom is 0.152 e. The zero-order chi connectivity index (χ0) is 14.8. The molecule has 0 aliphatic carbocycles. The highest BCUT2D eigenvalue weighted by atomic mass is 35.5. The van der Waals surface area contributed by atoms with Crippen molar-refractivity contribution in [3.05, 3.63) is 34.1 Å². The van der Waals surface area contributed by atoms with E-state index in [9.17, 15) is 4.91 Å². The number of halogens is 1. The standard InChI is InChI=1S/C14H16ClN5O/c1-19(18-21)14-7-10(12(15)9-16-14)11-8-17-20-6-4-2-3-5-13(11)20/h7-9H,2-6H2,1H3. The van der Waals surface area contributed by atoms with Gasteiger partial charge in [0.15, 0.2) is 5.82 Å². The van der Waals surface area contributed by atoms with Gasteiger partial charge in [0.1, 0.15) is 0 Å². The van der Waals surface area contributed by atoms with Crippen molar-refractivity contribution in [2.75, 3.05) is 12.1 Å². The molecule has 0 spiro atoms. The molecule has 0 N–H and O–H groups in total. The van der Waals surface area contributed by atoms with Crippen LogP contribution in [0.15, 0.2) is 23.7 Å². The van der Waals surface area contributed by atoms with E-state index in [0.29, 0.717) is 10.8 Å². The van der Waals surface area contributed by atoms with Gasteiger partial charge in [-0.3, -0.25) is 4.68 Å². The van der Waals surface area contributed by atoms with E-state index >= 15 is 0 Å². The molecule has 2 aromatic heterocycles. The van der Waals surface area contributed by atoms with Crippen LogP contribution in [0.3, 0.4) is 0 Å². The molecular weight excluding hydrogens is 290 g/mol. The van der Waals surface area contributed by atoms with E-state index in [1.165, 1.54) is 17.1 Å². The molecule has 3 heterocycles. The highest BCUT2D eigenvalue weighted by molar-refractivity contribution is 6.33. The summed E-state index contributed by atoms with van der Waals surface area (Å²) in [5, 5.41) is 9.07. The molecule has 2 aromatic rings. The van der Waals surface area contributed by atoms with Gasteiger partial charge in [-0.05, 0) is 25.3 Å². The van der Waals surface area contributed by atoms with Gasteiger partial charge in [0.05, 0.1) is 16.5 Å². The number of fused-ring (bicyclic) bond motifs is 1. The summed E-state index contributed by atoms with van der Waals surface area (Å²) in [5.41, 5.74) is 3.07. The zero-order valence-electron chi connectivity index (χ0n) is 11.8. The predicted octanol–water partition coefficient (Wildman–Crippen LogP) is 3.44. The summed E-state index contributed by atoms with van der Waals surface area (Å²) < 4.78 is 2.06. The van der Waals surface area contributed by atoms with Gasteiger partial charge in [-0.15, -0.1) is 4.91 Å². The Morgan fingerprint density at radius 3 is 2.95 bits per heavy atom. The molecule has 1 aliphatic rings. The lowest BCUT2D eigenvalue weighted by atomic mass is 10.0. The van der Waals surface area contributed by atoms with Crippen LogP contribution >= 0.6 is 11.6 Å². The van der Waals surface area contributed by atoms with Crippen molar-refractivity contribution in [2.45, 2.75) is 32.2 Å². The number of rotatable bonds is 3. The molecule has 6 nitrogen and oxygen atoms in total. The SMILES string of the molecule is CN(N=O)c1cc(-c2cnn3c2CCCCC3)c(Cl)cn1. The van der Waals surface area contributed by atoms with Crippen LogP contribution in [0.1, 0.15) is 25.0 Å². The Balaban J connectivity index is 2.08. The first kappa shape index (κ1) is 14.0. The summed E-state index contributed by atoms with van der Waals surface area (Å²) in [5.74, 6) is 0.470. The second kappa shape index (κ2) is 5.81. The molecular formula is C14H16ClN5O. The minimum Gasteiger partial charge on any atom is -0.269 e. The Kier molecular flexibility index (Phi) is 3.88. The molecule has 1 aliphatic heterocycles. The van der Waals surface area contributed by atoms with Crippen LogP contribution < -0.4 is 5.01 Å². The molecule has 0 aromatic carbocycles. The van der Waals surface area contributed by atoms with Crippen molar-refractivity contribution < 1.29 is 0 Å². The van der Waals surface area contributed by atoms with Crippen molar-refractivity contribution >= 4 is 17.4 Å². The van der Waals surface area contributed by atoms with Gasteiger partial charge >= 0.3 is 0 Å². The van der Waals surface area contributed by atoms with Crippen molar-refractivity contribution in [2.24, 2.45) is 5.29 Å². The van der Waals surface area contributed by atoms with Crippen LogP contribution in [-0.2, 0) is 13.0 Å². The van der Waals surface area contributed by atoms with E-state index in [2.05, 4.69) is 20.1 Å². The van der Waals surface area contributed by atoms with Gasteiger partial charge in [-0.2, -0.15) is 5.10 Å². The van der Waals surface area contributed by atoms with Crippen LogP contribution in [0.5, 0.6) is 0 Å². The Bertz CT molecular complexity index is 669. The maximum absolute atomic E-state index is 10.7. The molecule has 0 atom stereocenters.